The summed E-state index contributed by atoms with van der Waals surface area (Å²) in [5, 5.41) is 10.7. The highest BCUT2D eigenvalue weighted by atomic mass is 32.2. The van der Waals surface area contributed by atoms with Crippen LogP contribution < -0.4 is 0 Å². The van der Waals surface area contributed by atoms with Crippen molar-refractivity contribution < 1.29 is 13.5 Å². The quantitative estimate of drug-likeness (QED) is 0.854. The lowest BCUT2D eigenvalue weighted by Gasteiger charge is -2.34. The van der Waals surface area contributed by atoms with Crippen molar-refractivity contribution in [3.8, 4) is 0 Å². The summed E-state index contributed by atoms with van der Waals surface area (Å²) in [4.78, 5) is 0.315. The molecule has 4 heteroatoms. The minimum atomic E-state index is -3.20. The number of hydrogen-bond donors (Lipinski definition) is 1. The third-order valence-corrected chi connectivity index (χ3v) is 5.47. The van der Waals surface area contributed by atoms with Gasteiger partial charge in [0.2, 0.25) is 0 Å². The largest absolute Gasteiger partial charge is 0.385 e. The lowest BCUT2D eigenvalue weighted by molar-refractivity contribution is 0.0165. The van der Waals surface area contributed by atoms with E-state index in [1.807, 2.05) is 0 Å². The van der Waals surface area contributed by atoms with E-state index in [1.165, 1.54) is 0 Å². The van der Waals surface area contributed by atoms with Gasteiger partial charge in [-0.1, -0.05) is 44.4 Å². The van der Waals surface area contributed by atoms with E-state index >= 15 is 0 Å². The fourth-order valence-electron chi connectivity index (χ4n) is 2.60. The molecule has 1 aliphatic rings. The molecule has 1 heterocycles. The Balaban J connectivity index is 2.36. The SMILES string of the molecule is CCCCCC1(O)CCS(=O)(=O)c2ccccc21. The summed E-state index contributed by atoms with van der Waals surface area (Å²) < 4.78 is 24.0. The molecule has 1 atom stereocenters. The number of unbranched alkanes of at least 4 members (excludes halogenated alkanes) is 2. The van der Waals surface area contributed by atoms with Crippen molar-refractivity contribution in [2.45, 2.75) is 49.5 Å². The summed E-state index contributed by atoms with van der Waals surface area (Å²) in [5.74, 6) is 0.0483. The van der Waals surface area contributed by atoms with Crippen LogP contribution >= 0.6 is 0 Å². The molecule has 0 saturated carbocycles. The van der Waals surface area contributed by atoms with Crippen molar-refractivity contribution in [2.75, 3.05) is 5.75 Å². The van der Waals surface area contributed by atoms with Crippen molar-refractivity contribution in [3.63, 3.8) is 0 Å². The molecule has 2 rings (SSSR count). The van der Waals surface area contributed by atoms with E-state index in [-0.39, 0.29) is 5.75 Å². The molecule has 1 aromatic carbocycles. The van der Waals surface area contributed by atoms with Crippen LogP contribution in [0, 0.1) is 0 Å². The van der Waals surface area contributed by atoms with Crippen LogP contribution in [0.5, 0.6) is 0 Å². The molecule has 0 aliphatic carbocycles. The standard InChI is InChI=1S/C14H20O3S/c1-2-3-6-9-14(15)10-11-18(16,17)13-8-5-4-7-12(13)14/h4-5,7-8,15H,2-3,6,9-11H2,1H3. The minimum absolute atomic E-state index is 0.0483. The molecular formula is C14H20O3S. The molecule has 0 radical (unpaired) electrons. The summed E-state index contributed by atoms with van der Waals surface area (Å²) >= 11 is 0. The van der Waals surface area contributed by atoms with Crippen molar-refractivity contribution in [1.29, 1.82) is 0 Å². The molecule has 0 aromatic heterocycles. The molecule has 0 amide bonds. The Hall–Kier alpha value is -0.870. The maximum Gasteiger partial charge on any atom is 0.178 e. The van der Waals surface area contributed by atoms with Crippen molar-refractivity contribution in [3.05, 3.63) is 29.8 Å². The van der Waals surface area contributed by atoms with Crippen LogP contribution in [0.4, 0.5) is 0 Å². The third-order valence-electron chi connectivity index (χ3n) is 3.70. The molecule has 18 heavy (non-hydrogen) atoms. The molecule has 0 saturated heterocycles. The van der Waals surface area contributed by atoms with Gasteiger partial charge in [0.1, 0.15) is 0 Å². The second-order valence-electron chi connectivity index (χ2n) is 5.05. The van der Waals surface area contributed by atoms with Gasteiger partial charge in [-0.15, -0.1) is 0 Å². The van der Waals surface area contributed by atoms with Gasteiger partial charge in [0.15, 0.2) is 9.84 Å². The van der Waals surface area contributed by atoms with Gasteiger partial charge < -0.3 is 5.11 Å². The highest BCUT2D eigenvalue weighted by Crippen LogP contribution is 2.40. The zero-order chi connectivity index (χ0) is 13.2. The monoisotopic (exact) mass is 268 g/mol. The predicted octanol–water partition coefficient (Wildman–Crippen LogP) is 2.63. The number of hydrogen-bond acceptors (Lipinski definition) is 3. The number of aliphatic hydroxyl groups is 1. The first kappa shape index (κ1) is 13.6. The normalized spacial score (nSPS) is 25.7. The van der Waals surface area contributed by atoms with Crippen molar-refractivity contribution in [1.82, 2.24) is 0 Å². The first-order valence-corrected chi connectivity index (χ1v) is 8.19. The molecule has 100 valence electrons. The number of rotatable bonds is 4. The summed E-state index contributed by atoms with van der Waals surface area (Å²) in [6.07, 6.45) is 4.05. The Morgan fingerprint density at radius 1 is 1.28 bits per heavy atom. The molecule has 0 fully saturated rings. The number of sulfone groups is 1. The maximum absolute atomic E-state index is 12.0. The maximum atomic E-state index is 12.0. The van der Waals surface area contributed by atoms with Gasteiger partial charge in [-0.05, 0) is 18.9 Å². The van der Waals surface area contributed by atoms with Crippen LogP contribution in [0.1, 0.15) is 44.6 Å². The van der Waals surface area contributed by atoms with Gasteiger partial charge in [0.25, 0.3) is 0 Å². The smallest absolute Gasteiger partial charge is 0.178 e. The molecule has 1 N–H and O–H groups in total. The Morgan fingerprint density at radius 3 is 2.72 bits per heavy atom. The van der Waals surface area contributed by atoms with E-state index in [0.717, 1.165) is 19.3 Å². The number of fused-ring (bicyclic) bond motifs is 1. The molecule has 1 aromatic rings. The van der Waals surface area contributed by atoms with Gasteiger partial charge in [0, 0.05) is 5.56 Å². The lowest BCUT2D eigenvalue weighted by Crippen LogP contribution is -2.35. The van der Waals surface area contributed by atoms with Crippen LogP contribution in [0.3, 0.4) is 0 Å². The predicted molar refractivity (Wildman–Crippen MR) is 71.2 cm³/mol. The van der Waals surface area contributed by atoms with Crippen LogP contribution in [0.2, 0.25) is 0 Å². The first-order chi connectivity index (χ1) is 8.49. The lowest BCUT2D eigenvalue weighted by atomic mass is 9.85. The average Bonchev–Trinajstić information content (AvgIpc) is 2.36. The Morgan fingerprint density at radius 2 is 2.00 bits per heavy atom. The van der Waals surface area contributed by atoms with Gasteiger partial charge in [0.05, 0.1) is 16.2 Å². The van der Waals surface area contributed by atoms with Crippen molar-refractivity contribution in [2.24, 2.45) is 0 Å². The summed E-state index contributed by atoms with van der Waals surface area (Å²) in [6, 6.07) is 6.87. The molecule has 0 spiro atoms. The van der Waals surface area contributed by atoms with Crippen LogP contribution in [-0.2, 0) is 15.4 Å². The minimum Gasteiger partial charge on any atom is -0.385 e. The van der Waals surface area contributed by atoms with E-state index < -0.39 is 15.4 Å². The van der Waals surface area contributed by atoms with E-state index in [1.54, 1.807) is 24.3 Å². The first-order valence-electron chi connectivity index (χ1n) is 6.54. The fourth-order valence-corrected chi connectivity index (χ4v) is 4.30. The van der Waals surface area contributed by atoms with E-state index in [2.05, 4.69) is 6.92 Å². The molecule has 3 nitrogen and oxygen atoms in total. The van der Waals surface area contributed by atoms with Crippen LogP contribution in [0.25, 0.3) is 0 Å². The average molecular weight is 268 g/mol. The van der Waals surface area contributed by atoms with Gasteiger partial charge >= 0.3 is 0 Å². The van der Waals surface area contributed by atoms with Crippen LogP contribution in [-0.4, -0.2) is 19.3 Å². The van der Waals surface area contributed by atoms with Gasteiger partial charge in [-0.3, -0.25) is 0 Å². The van der Waals surface area contributed by atoms with Gasteiger partial charge in [-0.25, -0.2) is 8.42 Å². The van der Waals surface area contributed by atoms with E-state index in [4.69, 9.17) is 0 Å². The topological polar surface area (TPSA) is 54.4 Å². The van der Waals surface area contributed by atoms with Gasteiger partial charge in [-0.2, -0.15) is 0 Å². The highest BCUT2D eigenvalue weighted by Gasteiger charge is 2.39. The molecule has 1 unspecified atom stereocenters. The molecular weight excluding hydrogens is 248 g/mol. The summed E-state index contributed by atoms with van der Waals surface area (Å²) in [5.41, 5.74) is -0.371. The summed E-state index contributed by atoms with van der Waals surface area (Å²) in [7, 11) is -3.20. The Kier molecular flexibility index (Phi) is 3.78. The Bertz CT molecular complexity index is 522. The second kappa shape index (κ2) is 5.02. The summed E-state index contributed by atoms with van der Waals surface area (Å²) in [6.45, 7) is 2.11. The zero-order valence-corrected chi connectivity index (χ0v) is 11.5. The fraction of sp³-hybridized carbons (Fsp3) is 0.571. The molecule has 0 bridgehead atoms. The number of benzene rings is 1. The van der Waals surface area contributed by atoms with E-state index in [9.17, 15) is 13.5 Å². The highest BCUT2D eigenvalue weighted by molar-refractivity contribution is 7.91. The van der Waals surface area contributed by atoms with E-state index in [0.29, 0.717) is 23.3 Å². The van der Waals surface area contributed by atoms with Crippen molar-refractivity contribution >= 4 is 9.84 Å². The van der Waals surface area contributed by atoms with Crippen LogP contribution in [0.15, 0.2) is 29.2 Å². The second-order valence-corrected chi connectivity index (χ2v) is 7.13. The third kappa shape index (κ3) is 2.45. The Labute approximate surface area is 109 Å². The zero-order valence-electron chi connectivity index (χ0n) is 10.7. The molecule has 1 aliphatic heterocycles.